The second-order valence-corrected chi connectivity index (χ2v) is 2.85. The lowest BCUT2D eigenvalue weighted by Gasteiger charge is -2.16. The highest BCUT2D eigenvalue weighted by atomic mass is 16.5. The molecule has 15 heavy (non-hydrogen) atoms. The first kappa shape index (κ1) is 13.2. The van der Waals surface area contributed by atoms with E-state index in [1.165, 1.54) is 13.8 Å². The molecule has 2 amide bonds. The van der Waals surface area contributed by atoms with Crippen molar-refractivity contribution in [1.82, 2.24) is 10.6 Å². The van der Waals surface area contributed by atoms with Crippen LogP contribution in [0.5, 0.6) is 0 Å². The number of carbonyl (C=O) groups is 3. The predicted molar refractivity (Wildman–Crippen MR) is 50.3 cm³/mol. The van der Waals surface area contributed by atoms with E-state index in [0.717, 1.165) is 0 Å². The van der Waals surface area contributed by atoms with Crippen molar-refractivity contribution in [3.8, 4) is 0 Å². The number of nitrogens with one attached hydrogen (secondary N) is 2. The quantitative estimate of drug-likeness (QED) is 0.530. The summed E-state index contributed by atoms with van der Waals surface area (Å²) in [6, 6.07) is 0. The zero-order valence-corrected chi connectivity index (χ0v) is 8.57. The van der Waals surface area contributed by atoms with Gasteiger partial charge in [-0.05, 0) is 0 Å². The smallest absolute Gasteiger partial charge is 0.404 e. The van der Waals surface area contributed by atoms with Crippen LogP contribution in [0.15, 0.2) is 0 Å². The zero-order valence-electron chi connectivity index (χ0n) is 8.57. The summed E-state index contributed by atoms with van der Waals surface area (Å²) < 4.78 is 4.77. The molecular formula is C8H14N2O5. The molecule has 0 aromatic rings. The van der Waals surface area contributed by atoms with Crippen molar-refractivity contribution in [2.45, 2.75) is 20.0 Å². The van der Waals surface area contributed by atoms with Crippen molar-refractivity contribution < 1.29 is 24.2 Å². The minimum absolute atomic E-state index is 0.0603. The van der Waals surface area contributed by atoms with Crippen molar-refractivity contribution >= 4 is 18.0 Å². The standard InChI is InChI=1S/C8H14N2O5/c1-5(11)9-3-7(15-6(2)12)4-10-8(13)14/h7,10H,3-4H2,1-2H3,(H,9,11)(H,13,14)/t7-/m0/s1. The minimum Gasteiger partial charge on any atom is -0.465 e. The molecule has 0 spiro atoms. The highest BCUT2D eigenvalue weighted by Crippen LogP contribution is 1.90. The first-order valence-electron chi connectivity index (χ1n) is 4.30. The van der Waals surface area contributed by atoms with Crippen molar-refractivity contribution in [3.05, 3.63) is 0 Å². The molecule has 0 aliphatic rings. The average Bonchev–Trinajstić information content (AvgIpc) is 2.08. The molecule has 0 bridgehead atoms. The van der Waals surface area contributed by atoms with Crippen LogP contribution in [-0.2, 0) is 14.3 Å². The van der Waals surface area contributed by atoms with E-state index in [9.17, 15) is 14.4 Å². The molecule has 0 aliphatic heterocycles. The van der Waals surface area contributed by atoms with Crippen molar-refractivity contribution in [2.75, 3.05) is 13.1 Å². The molecule has 0 heterocycles. The summed E-state index contributed by atoms with van der Waals surface area (Å²) in [7, 11) is 0. The van der Waals surface area contributed by atoms with E-state index in [1.807, 2.05) is 0 Å². The van der Waals surface area contributed by atoms with Gasteiger partial charge in [0.15, 0.2) is 0 Å². The molecule has 0 radical (unpaired) electrons. The summed E-state index contributed by atoms with van der Waals surface area (Å²) in [4.78, 5) is 31.4. The van der Waals surface area contributed by atoms with Crippen molar-refractivity contribution in [3.63, 3.8) is 0 Å². The van der Waals surface area contributed by atoms with Gasteiger partial charge in [0.05, 0.1) is 13.1 Å². The molecule has 0 unspecified atom stereocenters. The predicted octanol–water partition coefficient (Wildman–Crippen LogP) is -0.678. The summed E-state index contributed by atoms with van der Waals surface area (Å²) in [6.07, 6.45) is -1.91. The molecule has 0 aliphatic carbocycles. The van der Waals surface area contributed by atoms with Gasteiger partial charge in [0.1, 0.15) is 6.10 Å². The van der Waals surface area contributed by atoms with E-state index in [1.54, 1.807) is 0 Å². The molecule has 0 saturated carbocycles. The van der Waals surface area contributed by atoms with Gasteiger partial charge in [-0.25, -0.2) is 4.79 Å². The maximum absolute atomic E-state index is 10.6. The number of hydrogen-bond donors (Lipinski definition) is 3. The number of esters is 1. The summed E-state index contributed by atoms with van der Waals surface area (Å²) >= 11 is 0. The van der Waals surface area contributed by atoms with Crippen LogP contribution in [0.25, 0.3) is 0 Å². The second kappa shape index (κ2) is 6.63. The molecule has 7 heteroatoms. The fourth-order valence-corrected chi connectivity index (χ4v) is 0.849. The van der Waals surface area contributed by atoms with E-state index in [2.05, 4.69) is 10.6 Å². The van der Waals surface area contributed by atoms with Gasteiger partial charge in [-0.3, -0.25) is 9.59 Å². The fraction of sp³-hybridized carbons (Fsp3) is 0.625. The third kappa shape index (κ3) is 8.54. The second-order valence-electron chi connectivity index (χ2n) is 2.85. The lowest BCUT2D eigenvalue weighted by atomic mass is 10.3. The van der Waals surface area contributed by atoms with Crippen molar-refractivity contribution in [1.29, 1.82) is 0 Å². The molecule has 0 rings (SSSR count). The maximum Gasteiger partial charge on any atom is 0.404 e. The monoisotopic (exact) mass is 218 g/mol. The van der Waals surface area contributed by atoms with E-state index in [4.69, 9.17) is 9.84 Å². The third-order valence-corrected chi connectivity index (χ3v) is 1.39. The van der Waals surface area contributed by atoms with Crippen LogP contribution in [-0.4, -0.2) is 42.3 Å². The Balaban J connectivity index is 3.99. The molecule has 3 N–H and O–H groups in total. The van der Waals surface area contributed by atoms with Gasteiger partial charge in [-0.15, -0.1) is 0 Å². The van der Waals surface area contributed by atoms with Crippen LogP contribution in [0.4, 0.5) is 4.79 Å². The largest absolute Gasteiger partial charge is 0.465 e. The van der Waals surface area contributed by atoms with Crippen LogP contribution in [0.2, 0.25) is 0 Å². The number of carboxylic acid groups (broad SMARTS) is 1. The van der Waals surface area contributed by atoms with Gasteiger partial charge in [-0.2, -0.15) is 0 Å². The van der Waals surface area contributed by atoms with Gasteiger partial charge in [0.2, 0.25) is 5.91 Å². The van der Waals surface area contributed by atoms with E-state index < -0.39 is 18.2 Å². The Morgan fingerprint density at radius 2 is 1.73 bits per heavy atom. The first-order chi connectivity index (χ1) is 6.91. The first-order valence-corrected chi connectivity index (χ1v) is 4.30. The van der Waals surface area contributed by atoms with Gasteiger partial charge in [0.25, 0.3) is 0 Å². The number of carbonyl (C=O) groups excluding carboxylic acids is 2. The van der Waals surface area contributed by atoms with Gasteiger partial charge < -0.3 is 20.5 Å². The number of rotatable bonds is 5. The topological polar surface area (TPSA) is 105 Å². The highest BCUT2D eigenvalue weighted by molar-refractivity contribution is 5.73. The van der Waals surface area contributed by atoms with Crippen LogP contribution in [0.3, 0.4) is 0 Å². The number of hydrogen-bond acceptors (Lipinski definition) is 4. The summed E-state index contributed by atoms with van der Waals surface area (Å²) in [5.74, 6) is -0.806. The molecule has 1 atom stereocenters. The number of ether oxygens (including phenoxy) is 1. The molecule has 7 nitrogen and oxygen atoms in total. The van der Waals surface area contributed by atoms with Gasteiger partial charge in [-0.1, -0.05) is 0 Å². The third-order valence-electron chi connectivity index (χ3n) is 1.39. The van der Waals surface area contributed by atoms with Crippen LogP contribution in [0.1, 0.15) is 13.8 Å². The van der Waals surface area contributed by atoms with E-state index >= 15 is 0 Å². The molecule has 86 valence electrons. The average molecular weight is 218 g/mol. The Morgan fingerprint density at radius 3 is 2.13 bits per heavy atom. The van der Waals surface area contributed by atoms with E-state index in [-0.39, 0.29) is 19.0 Å². The highest BCUT2D eigenvalue weighted by Gasteiger charge is 2.13. The van der Waals surface area contributed by atoms with Gasteiger partial charge >= 0.3 is 12.1 Å². The lowest BCUT2D eigenvalue weighted by molar-refractivity contribution is -0.146. The van der Waals surface area contributed by atoms with Crippen LogP contribution < -0.4 is 10.6 Å². The maximum atomic E-state index is 10.6. The van der Waals surface area contributed by atoms with Crippen LogP contribution >= 0.6 is 0 Å². The molecular weight excluding hydrogens is 204 g/mol. The molecule has 0 fully saturated rings. The Hall–Kier alpha value is -1.79. The Kier molecular flexibility index (Phi) is 5.84. The number of amides is 2. The normalized spacial score (nSPS) is 11.3. The van der Waals surface area contributed by atoms with Crippen LogP contribution in [0, 0.1) is 0 Å². The molecule has 0 aromatic heterocycles. The summed E-state index contributed by atoms with van der Waals surface area (Å²) in [5, 5.41) is 12.8. The van der Waals surface area contributed by atoms with Crippen molar-refractivity contribution in [2.24, 2.45) is 0 Å². The lowest BCUT2D eigenvalue weighted by Crippen LogP contribution is -2.41. The van der Waals surface area contributed by atoms with Gasteiger partial charge in [0, 0.05) is 13.8 Å². The Morgan fingerprint density at radius 1 is 1.20 bits per heavy atom. The Labute approximate surface area is 86.8 Å². The van der Waals surface area contributed by atoms with E-state index in [0.29, 0.717) is 0 Å². The summed E-state index contributed by atoms with van der Waals surface area (Å²) in [5.41, 5.74) is 0. The SMILES string of the molecule is CC(=O)NC[C@@H](CNC(=O)O)OC(C)=O. The molecule has 0 aromatic carbocycles. The Bertz CT molecular complexity index is 235. The summed E-state index contributed by atoms with van der Waals surface area (Å²) in [6.45, 7) is 2.54. The molecule has 0 saturated heterocycles. The zero-order chi connectivity index (χ0) is 11.8. The fourth-order valence-electron chi connectivity index (χ4n) is 0.849. The minimum atomic E-state index is -1.21.